The molecule has 0 saturated carbocycles. The first-order chi connectivity index (χ1) is 9.79. The number of halogens is 1. The Balaban J connectivity index is 2.20. The fourth-order valence-corrected chi connectivity index (χ4v) is 4.48. The summed E-state index contributed by atoms with van der Waals surface area (Å²) in [6.07, 6.45) is 0. The molecule has 3 nitrogen and oxygen atoms in total. The lowest BCUT2D eigenvalue weighted by molar-refractivity contribution is 0.102. The highest BCUT2D eigenvalue weighted by Crippen LogP contribution is 2.24. The van der Waals surface area contributed by atoms with Crippen LogP contribution in [0.4, 0.5) is 0 Å². The molecule has 112 valence electrons. The molecule has 0 atom stereocenters. The number of carbonyl (C=O) groups excluding carboxylic acids is 1. The summed E-state index contributed by atoms with van der Waals surface area (Å²) >= 11 is 4.50. The van der Waals surface area contributed by atoms with Gasteiger partial charge in [-0.25, -0.2) is 8.42 Å². The summed E-state index contributed by atoms with van der Waals surface area (Å²) in [6, 6.07) is 10.1. The summed E-state index contributed by atoms with van der Waals surface area (Å²) in [7, 11) is -3.60. The molecule has 1 aromatic carbocycles. The highest BCUT2D eigenvalue weighted by Gasteiger charge is 2.21. The van der Waals surface area contributed by atoms with Crippen molar-refractivity contribution in [1.82, 2.24) is 0 Å². The third-order valence-electron chi connectivity index (χ3n) is 3.08. The Kier molecular flexibility index (Phi) is 5.01. The van der Waals surface area contributed by atoms with E-state index in [9.17, 15) is 13.2 Å². The number of sulfone groups is 1. The summed E-state index contributed by atoms with van der Waals surface area (Å²) in [6.45, 7) is 4.09. The summed E-state index contributed by atoms with van der Waals surface area (Å²) in [5, 5.41) is 0. The van der Waals surface area contributed by atoms with Gasteiger partial charge in [0, 0.05) is 0 Å². The number of hydrogen-bond acceptors (Lipinski definition) is 4. The first-order valence-electron chi connectivity index (χ1n) is 6.41. The zero-order valence-corrected chi connectivity index (χ0v) is 14.9. The molecule has 0 aliphatic rings. The van der Waals surface area contributed by atoms with Crippen molar-refractivity contribution in [3.8, 4) is 0 Å². The van der Waals surface area contributed by atoms with Gasteiger partial charge < -0.3 is 0 Å². The third kappa shape index (κ3) is 4.02. The number of Topliss-reactive ketones (excluding diaryl/α,β-unsaturated/α-hetero) is 1. The van der Waals surface area contributed by atoms with Crippen LogP contribution in [0.25, 0.3) is 0 Å². The second kappa shape index (κ2) is 6.42. The van der Waals surface area contributed by atoms with Gasteiger partial charge in [0.15, 0.2) is 15.6 Å². The van der Waals surface area contributed by atoms with Crippen molar-refractivity contribution in [3.05, 3.63) is 50.6 Å². The predicted molar refractivity (Wildman–Crippen MR) is 88.9 cm³/mol. The van der Waals surface area contributed by atoms with E-state index in [4.69, 9.17) is 0 Å². The summed E-state index contributed by atoms with van der Waals surface area (Å²) in [4.78, 5) is 12.7. The molecule has 1 aromatic heterocycles. The summed E-state index contributed by atoms with van der Waals surface area (Å²) in [5.41, 5.74) is 1.07. The Hall–Kier alpha value is -0.980. The molecule has 2 aromatic rings. The average Bonchev–Trinajstić information content (AvgIpc) is 2.85. The Morgan fingerprint density at radius 3 is 2.24 bits per heavy atom. The minimum absolute atomic E-state index is 0.191. The smallest absolute Gasteiger partial charge is 0.188 e. The van der Waals surface area contributed by atoms with E-state index in [0.29, 0.717) is 10.8 Å². The van der Waals surface area contributed by atoms with Crippen molar-refractivity contribution in [3.63, 3.8) is 0 Å². The molecule has 2 rings (SSSR count). The zero-order chi connectivity index (χ0) is 15.6. The van der Waals surface area contributed by atoms with Crippen LogP contribution >= 0.6 is 27.3 Å². The lowest BCUT2D eigenvalue weighted by atomic mass is 10.0. The first-order valence-corrected chi connectivity index (χ1v) is 9.67. The molecule has 0 saturated heterocycles. The number of benzene rings is 1. The van der Waals surface area contributed by atoms with Crippen LogP contribution in [0.3, 0.4) is 0 Å². The maximum Gasteiger partial charge on any atom is 0.188 e. The highest BCUT2D eigenvalue weighted by atomic mass is 79.9. The van der Waals surface area contributed by atoms with Crippen LogP contribution in [0, 0.1) is 0 Å². The fourth-order valence-electron chi connectivity index (χ4n) is 1.85. The zero-order valence-electron chi connectivity index (χ0n) is 11.7. The van der Waals surface area contributed by atoms with Gasteiger partial charge in [0.25, 0.3) is 0 Å². The lowest BCUT2D eigenvalue weighted by Crippen LogP contribution is -2.15. The topological polar surface area (TPSA) is 51.2 Å². The van der Waals surface area contributed by atoms with Crippen LogP contribution in [0.2, 0.25) is 0 Å². The van der Waals surface area contributed by atoms with Gasteiger partial charge in [-0.05, 0) is 51.7 Å². The van der Waals surface area contributed by atoms with Gasteiger partial charge in [0.2, 0.25) is 0 Å². The van der Waals surface area contributed by atoms with Crippen molar-refractivity contribution < 1.29 is 13.2 Å². The molecule has 0 aliphatic heterocycles. The Morgan fingerprint density at radius 1 is 1.14 bits per heavy atom. The Morgan fingerprint density at radius 2 is 1.76 bits per heavy atom. The van der Waals surface area contributed by atoms with E-state index in [-0.39, 0.29) is 10.7 Å². The molecule has 0 fully saturated rings. The standard InChI is InChI=1S/C15H15BrO3S2/c1-10(2)11-3-5-12(6-4-11)21(18,19)9-13(17)14-7-8-15(16)20-14/h3-8,10H,9H2,1-2H3. The lowest BCUT2D eigenvalue weighted by Gasteiger charge is -2.07. The van der Waals surface area contributed by atoms with Gasteiger partial charge in [-0.1, -0.05) is 26.0 Å². The van der Waals surface area contributed by atoms with Crippen LogP contribution in [-0.4, -0.2) is 20.0 Å². The van der Waals surface area contributed by atoms with E-state index in [1.807, 2.05) is 13.8 Å². The Labute approximate surface area is 137 Å². The SMILES string of the molecule is CC(C)c1ccc(S(=O)(=O)CC(=O)c2ccc(Br)s2)cc1. The van der Waals surface area contributed by atoms with Crippen molar-refractivity contribution in [1.29, 1.82) is 0 Å². The van der Waals surface area contributed by atoms with E-state index in [1.54, 1.807) is 36.4 Å². The maximum absolute atomic E-state index is 12.3. The van der Waals surface area contributed by atoms with Crippen molar-refractivity contribution in [2.45, 2.75) is 24.7 Å². The van der Waals surface area contributed by atoms with E-state index >= 15 is 0 Å². The van der Waals surface area contributed by atoms with Gasteiger partial charge in [0.1, 0.15) is 5.75 Å². The molecule has 0 radical (unpaired) electrons. The number of carbonyl (C=O) groups is 1. The molecular weight excluding hydrogens is 372 g/mol. The molecule has 0 N–H and O–H groups in total. The van der Waals surface area contributed by atoms with E-state index in [1.165, 1.54) is 11.3 Å². The molecule has 0 unspecified atom stereocenters. The molecular formula is C15H15BrO3S2. The Bertz CT molecular complexity index is 743. The summed E-state index contributed by atoms with van der Waals surface area (Å²) < 4.78 is 25.4. The van der Waals surface area contributed by atoms with E-state index in [0.717, 1.165) is 9.35 Å². The van der Waals surface area contributed by atoms with Gasteiger partial charge in [-0.3, -0.25) is 4.79 Å². The highest BCUT2D eigenvalue weighted by molar-refractivity contribution is 9.11. The maximum atomic E-state index is 12.3. The van der Waals surface area contributed by atoms with Crippen LogP contribution in [-0.2, 0) is 9.84 Å². The summed E-state index contributed by atoms with van der Waals surface area (Å²) in [5.74, 6) is -0.536. The quantitative estimate of drug-likeness (QED) is 0.720. The molecule has 0 aliphatic carbocycles. The van der Waals surface area contributed by atoms with Gasteiger partial charge in [-0.15, -0.1) is 11.3 Å². The average molecular weight is 387 g/mol. The monoisotopic (exact) mass is 386 g/mol. The van der Waals surface area contributed by atoms with E-state index in [2.05, 4.69) is 15.9 Å². The third-order valence-corrected chi connectivity index (χ3v) is 6.37. The number of rotatable bonds is 5. The molecule has 21 heavy (non-hydrogen) atoms. The molecule has 0 amide bonds. The van der Waals surface area contributed by atoms with E-state index < -0.39 is 15.6 Å². The van der Waals surface area contributed by atoms with Crippen LogP contribution < -0.4 is 0 Å². The van der Waals surface area contributed by atoms with Gasteiger partial charge >= 0.3 is 0 Å². The van der Waals surface area contributed by atoms with Crippen LogP contribution in [0.5, 0.6) is 0 Å². The fraction of sp³-hybridized carbons (Fsp3) is 0.267. The number of ketones is 1. The van der Waals surface area contributed by atoms with Crippen LogP contribution in [0.1, 0.15) is 35.0 Å². The minimum atomic E-state index is -3.60. The first kappa shape index (κ1) is 16.4. The van der Waals surface area contributed by atoms with Crippen molar-refractivity contribution in [2.24, 2.45) is 0 Å². The predicted octanol–water partition coefficient (Wildman–Crippen LogP) is 4.29. The normalized spacial score (nSPS) is 11.8. The second-order valence-electron chi connectivity index (χ2n) is 5.01. The molecule has 1 heterocycles. The molecule has 0 bridgehead atoms. The largest absolute Gasteiger partial charge is 0.292 e. The van der Waals surface area contributed by atoms with Gasteiger partial charge in [-0.2, -0.15) is 0 Å². The molecule has 6 heteroatoms. The minimum Gasteiger partial charge on any atom is -0.292 e. The van der Waals surface area contributed by atoms with Crippen molar-refractivity contribution >= 4 is 42.9 Å². The number of hydrogen-bond donors (Lipinski definition) is 0. The van der Waals surface area contributed by atoms with Crippen molar-refractivity contribution in [2.75, 3.05) is 5.75 Å². The van der Waals surface area contributed by atoms with Gasteiger partial charge in [0.05, 0.1) is 13.6 Å². The molecule has 0 spiro atoms. The number of thiophene rings is 1. The second-order valence-corrected chi connectivity index (χ2v) is 9.46. The van der Waals surface area contributed by atoms with Crippen LogP contribution in [0.15, 0.2) is 45.1 Å².